The molecule has 148 valence electrons. The maximum absolute atomic E-state index is 13.3. The Morgan fingerprint density at radius 1 is 1.17 bits per heavy atom. The number of Topliss-reactive ketones (excluding diaryl/α,β-unsaturated/α-hetero) is 1. The number of esters is 1. The number of ketones is 1. The fourth-order valence-corrected chi connectivity index (χ4v) is 4.29. The number of fused-ring (bicyclic) bond motifs is 2. The molecule has 2 aliphatic rings. The fourth-order valence-electron chi connectivity index (χ4n) is 4.07. The SMILES string of the molecule is COC(=O)C1C(C)=NC2=C(C(=O)c3ccccc32)[C@H]1c1cc(Cl)c(O)c(OC)c1. The number of ether oxygens (including phenoxy) is 2. The van der Waals surface area contributed by atoms with Crippen molar-refractivity contribution in [1.82, 2.24) is 0 Å². The van der Waals surface area contributed by atoms with Gasteiger partial charge in [0, 0.05) is 28.3 Å². The summed E-state index contributed by atoms with van der Waals surface area (Å²) in [4.78, 5) is 30.6. The maximum atomic E-state index is 13.3. The van der Waals surface area contributed by atoms with Gasteiger partial charge < -0.3 is 14.6 Å². The Hall–Kier alpha value is -3.12. The van der Waals surface area contributed by atoms with Crippen molar-refractivity contribution in [2.24, 2.45) is 10.9 Å². The number of methoxy groups -OCH3 is 2. The summed E-state index contributed by atoms with van der Waals surface area (Å²) in [6.45, 7) is 1.74. The minimum absolute atomic E-state index is 0.0632. The zero-order chi connectivity index (χ0) is 20.9. The number of halogens is 1. The number of phenols is 1. The van der Waals surface area contributed by atoms with E-state index in [2.05, 4.69) is 4.99 Å². The summed E-state index contributed by atoms with van der Waals surface area (Å²) in [5.41, 5.74) is 3.34. The zero-order valence-electron chi connectivity index (χ0n) is 16.0. The second-order valence-electron chi connectivity index (χ2n) is 6.92. The summed E-state index contributed by atoms with van der Waals surface area (Å²) in [5.74, 6) is -2.22. The summed E-state index contributed by atoms with van der Waals surface area (Å²) in [5, 5.41) is 10.2. The van der Waals surface area contributed by atoms with Gasteiger partial charge in [0.2, 0.25) is 0 Å². The Labute approximate surface area is 172 Å². The van der Waals surface area contributed by atoms with Crippen LogP contribution in [0.15, 0.2) is 47.0 Å². The third kappa shape index (κ3) is 2.83. The molecule has 1 heterocycles. The molecule has 1 unspecified atom stereocenters. The van der Waals surface area contributed by atoms with Crippen LogP contribution in [0.3, 0.4) is 0 Å². The van der Waals surface area contributed by atoms with E-state index >= 15 is 0 Å². The summed E-state index contributed by atoms with van der Waals surface area (Å²) in [6, 6.07) is 10.3. The smallest absolute Gasteiger partial charge is 0.315 e. The number of aliphatic imine (C=N–C) groups is 1. The molecule has 1 N–H and O–H groups in total. The van der Waals surface area contributed by atoms with Gasteiger partial charge in [-0.3, -0.25) is 14.6 Å². The van der Waals surface area contributed by atoms with Gasteiger partial charge in [0.15, 0.2) is 17.3 Å². The van der Waals surface area contributed by atoms with E-state index in [1.807, 2.05) is 12.1 Å². The molecule has 0 fully saturated rings. The molecule has 4 rings (SSSR count). The van der Waals surface area contributed by atoms with Crippen molar-refractivity contribution < 1.29 is 24.2 Å². The van der Waals surface area contributed by atoms with Crippen LogP contribution in [-0.4, -0.2) is 36.8 Å². The first-order chi connectivity index (χ1) is 13.9. The second-order valence-corrected chi connectivity index (χ2v) is 7.33. The van der Waals surface area contributed by atoms with Gasteiger partial charge in [-0.25, -0.2) is 0 Å². The average Bonchev–Trinajstić information content (AvgIpc) is 3.00. The van der Waals surface area contributed by atoms with Gasteiger partial charge in [0.1, 0.15) is 5.92 Å². The van der Waals surface area contributed by atoms with Crippen LogP contribution in [0.2, 0.25) is 5.02 Å². The molecule has 0 bridgehead atoms. The van der Waals surface area contributed by atoms with E-state index in [0.717, 1.165) is 5.56 Å². The minimum atomic E-state index is -0.803. The van der Waals surface area contributed by atoms with Crippen LogP contribution >= 0.6 is 11.6 Å². The molecule has 0 radical (unpaired) electrons. The molecule has 0 saturated heterocycles. The Morgan fingerprint density at radius 3 is 2.52 bits per heavy atom. The molecule has 1 aliphatic carbocycles. The van der Waals surface area contributed by atoms with Crippen LogP contribution in [0, 0.1) is 5.92 Å². The minimum Gasteiger partial charge on any atom is -0.503 e. The van der Waals surface area contributed by atoms with E-state index in [0.29, 0.717) is 28.1 Å². The number of nitrogens with zero attached hydrogens (tertiary/aromatic N) is 1. The van der Waals surface area contributed by atoms with Gasteiger partial charge in [0.25, 0.3) is 0 Å². The lowest BCUT2D eigenvalue weighted by Gasteiger charge is -2.30. The van der Waals surface area contributed by atoms with Crippen molar-refractivity contribution >= 4 is 34.8 Å². The third-order valence-electron chi connectivity index (χ3n) is 5.39. The predicted molar refractivity (Wildman–Crippen MR) is 109 cm³/mol. The van der Waals surface area contributed by atoms with Crippen LogP contribution in [0.5, 0.6) is 11.5 Å². The average molecular weight is 412 g/mol. The quantitative estimate of drug-likeness (QED) is 0.771. The van der Waals surface area contributed by atoms with Crippen LogP contribution in [0.25, 0.3) is 5.70 Å². The lowest BCUT2D eigenvalue weighted by atomic mass is 9.75. The van der Waals surface area contributed by atoms with Crippen molar-refractivity contribution in [2.75, 3.05) is 14.2 Å². The summed E-state index contributed by atoms with van der Waals surface area (Å²) in [6.07, 6.45) is 0. The molecule has 1 aliphatic heterocycles. The van der Waals surface area contributed by atoms with Crippen LogP contribution in [0.4, 0.5) is 0 Å². The zero-order valence-corrected chi connectivity index (χ0v) is 16.8. The first-order valence-electron chi connectivity index (χ1n) is 8.96. The molecular weight excluding hydrogens is 394 g/mol. The van der Waals surface area contributed by atoms with Gasteiger partial charge in [-0.1, -0.05) is 35.9 Å². The molecule has 7 heteroatoms. The number of carbonyl (C=O) groups excluding carboxylic acids is 2. The third-order valence-corrected chi connectivity index (χ3v) is 5.68. The molecule has 2 aromatic rings. The Morgan fingerprint density at radius 2 is 1.86 bits per heavy atom. The number of benzene rings is 2. The highest BCUT2D eigenvalue weighted by Crippen LogP contribution is 2.50. The highest BCUT2D eigenvalue weighted by Gasteiger charge is 2.46. The van der Waals surface area contributed by atoms with Crippen molar-refractivity contribution in [1.29, 1.82) is 0 Å². The molecule has 0 saturated carbocycles. The summed E-state index contributed by atoms with van der Waals surface area (Å²) >= 11 is 6.21. The number of hydrogen-bond donors (Lipinski definition) is 1. The van der Waals surface area contributed by atoms with Crippen LogP contribution < -0.4 is 4.74 Å². The van der Waals surface area contributed by atoms with Crippen LogP contribution in [-0.2, 0) is 9.53 Å². The topological polar surface area (TPSA) is 85.2 Å². The molecule has 0 amide bonds. The van der Waals surface area contributed by atoms with Crippen LogP contribution in [0.1, 0.15) is 34.3 Å². The number of allylic oxidation sites excluding steroid dienone is 1. The molecule has 0 spiro atoms. The highest BCUT2D eigenvalue weighted by molar-refractivity contribution is 6.32. The van der Waals surface area contributed by atoms with E-state index in [-0.39, 0.29) is 22.3 Å². The lowest BCUT2D eigenvalue weighted by Crippen LogP contribution is -2.34. The molecule has 6 nitrogen and oxygen atoms in total. The van der Waals surface area contributed by atoms with Gasteiger partial charge >= 0.3 is 5.97 Å². The monoisotopic (exact) mass is 411 g/mol. The molecule has 29 heavy (non-hydrogen) atoms. The largest absolute Gasteiger partial charge is 0.503 e. The molecule has 2 atom stereocenters. The molecular formula is C22H18ClNO5. The van der Waals surface area contributed by atoms with E-state index in [9.17, 15) is 14.7 Å². The number of carbonyl (C=O) groups is 2. The maximum Gasteiger partial charge on any atom is 0.315 e. The van der Waals surface area contributed by atoms with Gasteiger partial charge in [-0.05, 0) is 24.6 Å². The normalized spacial score (nSPS) is 20.1. The second kappa shape index (κ2) is 7.04. The van der Waals surface area contributed by atoms with E-state index < -0.39 is 17.8 Å². The first-order valence-corrected chi connectivity index (χ1v) is 9.34. The number of rotatable bonds is 3. The Bertz CT molecular complexity index is 1120. The standard InChI is InChI=1S/C22H18ClNO5/c1-10-16(22(27)29-3)17(11-8-14(23)21(26)15(9-11)28-2)18-19(24-10)12-6-4-5-7-13(12)20(18)25/h4-9,16-17,26H,1-3H3/t16?,17-/m0/s1. The molecule has 2 aromatic carbocycles. The summed E-state index contributed by atoms with van der Waals surface area (Å²) in [7, 11) is 2.70. The van der Waals surface area contributed by atoms with E-state index in [4.69, 9.17) is 21.1 Å². The Kier molecular flexibility index (Phi) is 4.67. The fraction of sp³-hybridized carbons (Fsp3) is 0.227. The first kappa shape index (κ1) is 19.2. The predicted octanol–water partition coefficient (Wildman–Crippen LogP) is 4.01. The number of phenolic OH excluding ortho intramolecular Hbond substituents is 1. The van der Waals surface area contributed by atoms with Crippen molar-refractivity contribution in [3.63, 3.8) is 0 Å². The van der Waals surface area contributed by atoms with Gasteiger partial charge in [-0.2, -0.15) is 0 Å². The Balaban J connectivity index is 1.99. The highest BCUT2D eigenvalue weighted by atomic mass is 35.5. The van der Waals surface area contributed by atoms with E-state index in [1.165, 1.54) is 14.2 Å². The van der Waals surface area contributed by atoms with Crippen molar-refractivity contribution in [2.45, 2.75) is 12.8 Å². The summed E-state index contributed by atoms with van der Waals surface area (Å²) < 4.78 is 10.2. The van der Waals surface area contributed by atoms with Crippen molar-refractivity contribution in [3.05, 3.63) is 63.7 Å². The van der Waals surface area contributed by atoms with E-state index in [1.54, 1.807) is 31.2 Å². The van der Waals surface area contributed by atoms with Crippen molar-refractivity contribution in [3.8, 4) is 11.5 Å². The molecule has 0 aromatic heterocycles. The number of hydrogen-bond acceptors (Lipinski definition) is 6. The van der Waals surface area contributed by atoms with Gasteiger partial charge in [-0.15, -0.1) is 0 Å². The van der Waals surface area contributed by atoms with Gasteiger partial charge in [0.05, 0.1) is 24.9 Å². The number of aromatic hydroxyl groups is 1. The lowest BCUT2D eigenvalue weighted by molar-refractivity contribution is -0.143.